The van der Waals surface area contributed by atoms with E-state index in [4.69, 9.17) is 4.42 Å². The highest BCUT2D eigenvalue weighted by Gasteiger charge is 2.09. The molecule has 0 aliphatic rings. The molecular formula is C22H17NO2S. The summed E-state index contributed by atoms with van der Waals surface area (Å²) >= 11 is 1.63. The van der Waals surface area contributed by atoms with Gasteiger partial charge in [-0.05, 0) is 46.8 Å². The summed E-state index contributed by atoms with van der Waals surface area (Å²) in [6.45, 7) is 0.366. The Morgan fingerprint density at radius 2 is 1.62 bits per heavy atom. The molecule has 0 radical (unpaired) electrons. The van der Waals surface area contributed by atoms with Crippen LogP contribution in [0, 0.1) is 0 Å². The fourth-order valence-electron chi connectivity index (χ4n) is 2.74. The summed E-state index contributed by atoms with van der Waals surface area (Å²) in [4.78, 5) is 13.4. The first-order valence-electron chi connectivity index (χ1n) is 8.36. The molecule has 128 valence electrons. The van der Waals surface area contributed by atoms with Crippen molar-refractivity contribution in [1.29, 1.82) is 0 Å². The lowest BCUT2D eigenvalue weighted by atomic mass is 10.0. The monoisotopic (exact) mass is 359 g/mol. The first-order valence-corrected chi connectivity index (χ1v) is 9.24. The fraction of sp³-hybridized carbons (Fsp3) is 0.0455. The van der Waals surface area contributed by atoms with Gasteiger partial charge >= 0.3 is 0 Å². The van der Waals surface area contributed by atoms with Gasteiger partial charge in [0.15, 0.2) is 0 Å². The third-order valence-corrected chi connectivity index (χ3v) is 4.99. The van der Waals surface area contributed by atoms with Crippen molar-refractivity contribution in [2.24, 2.45) is 0 Å². The average Bonchev–Trinajstić information content (AvgIpc) is 3.38. The zero-order chi connectivity index (χ0) is 17.8. The molecule has 2 heterocycles. The first kappa shape index (κ1) is 16.4. The molecule has 0 saturated carbocycles. The Morgan fingerprint density at radius 3 is 2.35 bits per heavy atom. The Labute approximate surface area is 155 Å². The highest BCUT2D eigenvalue weighted by atomic mass is 32.1. The van der Waals surface area contributed by atoms with Crippen molar-refractivity contribution in [3.05, 3.63) is 95.6 Å². The van der Waals surface area contributed by atoms with Gasteiger partial charge in [0, 0.05) is 5.56 Å². The second kappa shape index (κ2) is 7.42. The van der Waals surface area contributed by atoms with Crippen molar-refractivity contribution in [2.45, 2.75) is 6.54 Å². The van der Waals surface area contributed by atoms with E-state index in [9.17, 15) is 4.79 Å². The molecule has 4 heteroatoms. The number of rotatable bonds is 5. The van der Waals surface area contributed by atoms with Gasteiger partial charge in [-0.2, -0.15) is 0 Å². The summed E-state index contributed by atoms with van der Waals surface area (Å²) in [7, 11) is 0. The number of nitrogens with one attached hydrogen (secondary N) is 1. The number of furan rings is 1. The van der Waals surface area contributed by atoms with Gasteiger partial charge in [-0.3, -0.25) is 4.79 Å². The lowest BCUT2D eigenvalue weighted by Gasteiger charge is -2.05. The Morgan fingerprint density at radius 1 is 0.846 bits per heavy atom. The average molecular weight is 359 g/mol. The number of thiophene rings is 1. The van der Waals surface area contributed by atoms with Crippen molar-refractivity contribution in [3.63, 3.8) is 0 Å². The highest BCUT2D eigenvalue weighted by molar-refractivity contribution is 7.13. The van der Waals surface area contributed by atoms with E-state index in [1.54, 1.807) is 11.3 Å². The Bertz CT molecular complexity index is 986. The van der Waals surface area contributed by atoms with Crippen LogP contribution in [-0.4, -0.2) is 5.91 Å². The van der Waals surface area contributed by atoms with Crippen LogP contribution in [0.25, 0.3) is 21.8 Å². The predicted octanol–water partition coefficient (Wildman–Crippen LogP) is 5.61. The maximum atomic E-state index is 12.4. The van der Waals surface area contributed by atoms with Crippen LogP contribution in [0.1, 0.15) is 16.1 Å². The molecule has 4 aromatic rings. The van der Waals surface area contributed by atoms with E-state index in [0.29, 0.717) is 12.1 Å². The minimum atomic E-state index is -0.112. The predicted molar refractivity (Wildman–Crippen MR) is 105 cm³/mol. The molecule has 3 nitrogen and oxygen atoms in total. The maximum absolute atomic E-state index is 12.4. The van der Waals surface area contributed by atoms with Crippen LogP contribution in [0.4, 0.5) is 0 Å². The largest absolute Gasteiger partial charge is 0.458 e. The molecule has 0 aliphatic carbocycles. The lowest BCUT2D eigenvalue weighted by molar-refractivity contribution is 0.0948. The van der Waals surface area contributed by atoms with Crippen molar-refractivity contribution < 1.29 is 9.21 Å². The van der Waals surface area contributed by atoms with E-state index in [2.05, 4.69) is 17.4 Å². The van der Waals surface area contributed by atoms with Crippen molar-refractivity contribution in [2.75, 3.05) is 0 Å². The SMILES string of the molecule is O=C(NCc1ccc(-c2cccs2)o1)c1ccc(-c2ccccc2)cc1. The standard InChI is InChI=1S/C22H17NO2S/c24-22(18-10-8-17(9-11-18)16-5-2-1-3-6-16)23-15-19-12-13-20(25-19)21-7-4-14-26-21/h1-14H,15H2,(H,23,24). The molecule has 0 bridgehead atoms. The summed E-state index contributed by atoms with van der Waals surface area (Å²) in [5.74, 6) is 1.46. The molecule has 0 fully saturated rings. The molecule has 1 N–H and O–H groups in total. The van der Waals surface area contributed by atoms with E-state index in [-0.39, 0.29) is 5.91 Å². The van der Waals surface area contributed by atoms with Gasteiger partial charge in [0.25, 0.3) is 5.91 Å². The van der Waals surface area contributed by atoms with E-state index in [1.807, 2.05) is 72.1 Å². The summed E-state index contributed by atoms with van der Waals surface area (Å²) in [5.41, 5.74) is 2.86. The lowest BCUT2D eigenvalue weighted by Crippen LogP contribution is -2.22. The normalized spacial score (nSPS) is 10.6. The van der Waals surface area contributed by atoms with E-state index < -0.39 is 0 Å². The van der Waals surface area contributed by atoms with Gasteiger partial charge in [-0.25, -0.2) is 0 Å². The summed E-state index contributed by atoms with van der Waals surface area (Å²) in [6, 6.07) is 25.6. The molecule has 0 atom stereocenters. The third-order valence-electron chi connectivity index (χ3n) is 4.10. The topological polar surface area (TPSA) is 42.2 Å². The summed E-state index contributed by atoms with van der Waals surface area (Å²) in [6.07, 6.45) is 0. The maximum Gasteiger partial charge on any atom is 0.251 e. The van der Waals surface area contributed by atoms with Crippen molar-refractivity contribution >= 4 is 17.2 Å². The summed E-state index contributed by atoms with van der Waals surface area (Å²) < 4.78 is 5.79. The van der Waals surface area contributed by atoms with Crippen LogP contribution in [0.3, 0.4) is 0 Å². The Balaban J connectivity index is 1.39. The van der Waals surface area contributed by atoms with Crippen LogP contribution in [0.5, 0.6) is 0 Å². The Hall–Kier alpha value is -3.11. The minimum Gasteiger partial charge on any atom is -0.458 e. The third kappa shape index (κ3) is 3.60. The molecule has 4 rings (SSSR count). The number of carbonyl (C=O) groups excluding carboxylic acids is 1. The Kier molecular flexibility index (Phi) is 4.67. The molecule has 0 spiro atoms. The van der Waals surface area contributed by atoms with Crippen LogP contribution < -0.4 is 5.32 Å². The molecule has 1 amide bonds. The number of carbonyl (C=O) groups is 1. The van der Waals surface area contributed by atoms with E-state index >= 15 is 0 Å². The van der Waals surface area contributed by atoms with Crippen LogP contribution >= 0.6 is 11.3 Å². The number of hydrogen-bond donors (Lipinski definition) is 1. The van der Waals surface area contributed by atoms with Gasteiger partial charge in [0.2, 0.25) is 0 Å². The van der Waals surface area contributed by atoms with Gasteiger partial charge in [-0.15, -0.1) is 11.3 Å². The van der Waals surface area contributed by atoms with E-state index in [1.165, 1.54) is 0 Å². The molecule has 2 aromatic heterocycles. The number of benzene rings is 2. The van der Waals surface area contributed by atoms with Gasteiger partial charge in [-0.1, -0.05) is 48.5 Å². The minimum absolute atomic E-state index is 0.112. The van der Waals surface area contributed by atoms with Gasteiger partial charge < -0.3 is 9.73 Å². The number of hydrogen-bond acceptors (Lipinski definition) is 3. The van der Waals surface area contributed by atoms with Gasteiger partial charge in [0.1, 0.15) is 11.5 Å². The van der Waals surface area contributed by atoms with E-state index in [0.717, 1.165) is 27.5 Å². The second-order valence-corrected chi connectivity index (χ2v) is 6.82. The summed E-state index contributed by atoms with van der Waals surface area (Å²) in [5, 5.41) is 4.92. The zero-order valence-electron chi connectivity index (χ0n) is 14.0. The molecule has 0 saturated heterocycles. The molecule has 2 aromatic carbocycles. The van der Waals surface area contributed by atoms with Crippen LogP contribution in [0.2, 0.25) is 0 Å². The van der Waals surface area contributed by atoms with Crippen molar-refractivity contribution in [1.82, 2.24) is 5.32 Å². The quantitative estimate of drug-likeness (QED) is 0.503. The van der Waals surface area contributed by atoms with Crippen LogP contribution in [0.15, 0.2) is 88.7 Å². The molecular weight excluding hydrogens is 342 g/mol. The number of amides is 1. The molecule has 26 heavy (non-hydrogen) atoms. The molecule has 0 aliphatic heterocycles. The zero-order valence-corrected chi connectivity index (χ0v) is 14.8. The van der Waals surface area contributed by atoms with Gasteiger partial charge in [0.05, 0.1) is 11.4 Å². The molecule has 0 unspecified atom stereocenters. The fourth-order valence-corrected chi connectivity index (χ4v) is 3.42. The second-order valence-electron chi connectivity index (χ2n) is 5.87. The van der Waals surface area contributed by atoms with Crippen molar-refractivity contribution in [3.8, 4) is 21.8 Å². The first-order chi connectivity index (χ1) is 12.8. The highest BCUT2D eigenvalue weighted by Crippen LogP contribution is 2.26. The van der Waals surface area contributed by atoms with Crippen LogP contribution in [-0.2, 0) is 6.54 Å². The smallest absolute Gasteiger partial charge is 0.251 e.